The van der Waals surface area contributed by atoms with Crippen molar-refractivity contribution in [2.45, 2.75) is 33.4 Å². The molecule has 73 heavy (non-hydrogen) atoms. The third-order valence-electron chi connectivity index (χ3n) is 12.7. The minimum atomic E-state index is -0.680. The van der Waals surface area contributed by atoms with Gasteiger partial charge in [0.05, 0.1) is 65.7 Å². The van der Waals surface area contributed by atoms with Crippen molar-refractivity contribution in [3.8, 4) is 23.1 Å². The summed E-state index contributed by atoms with van der Waals surface area (Å²) in [5, 5.41) is 9.21. The minimum absolute atomic E-state index is 0. The number of fused-ring (bicyclic) bond motifs is 2. The second kappa shape index (κ2) is 20.9. The van der Waals surface area contributed by atoms with Gasteiger partial charge in [0.25, 0.3) is 35.2 Å². The number of rotatable bonds is 10. The lowest BCUT2D eigenvalue weighted by atomic mass is 10.1. The lowest BCUT2D eigenvalue weighted by molar-refractivity contribution is -0.129. The second-order valence-corrected chi connectivity index (χ2v) is 17.1. The molecule has 0 unspecified atom stereocenters. The number of ether oxygens (including phenoxy) is 2. The summed E-state index contributed by atoms with van der Waals surface area (Å²) in [4.78, 5) is 100. The summed E-state index contributed by atoms with van der Waals surface area (Å²) in [5.41, 5.74) is 14.2. The number of carbonyl (C=O) groups excluding carboxylic acids is 6. The van der Waals surface area contributed by atoms with E-state index in [1.54, 1.807) is 52.4 Å². The fourth-order valence-corrected chi connectivity index (χ4v) is 9.06. The van der Waals surface area contributed by atoms with Gasteiger partial charge in [-0.15, -0.1) is 5.10 Å². The molecule has 2 saturated heterocycles. The van der Waals surface area contributed by atoms with Crippen LogP contribution in [0.4, 0.5) is 11.6 Å². The Kier molecular flexibility index (Phi) is 14.4. The number of carbonyl (C=O) groups is 6. The van der Waals surface area contributed by atoms with Gasteiger partial charge in [0.2, 0.25) is 0 Å². The summed E-state index contributed by atoms with van der Waals surface area (Å²) in [6.45, 7) is 5.41. The predicted molar refractivity (Wildman–Crippen MR) is 271 cm³/mol. The minimum Gasteiger partial charge on any atom is -0.494 e. The largest absolute Gasteiger partial charge is 0.494 e. The van der Waals surface area contributed by atoms with Crippen molar-refractivity contribution in [1.82, 2.24) is 59.1 Å². The van der Waals surface area contributed by atoms with Crippen molar-refractivity contribution in [1.29, 1.82) is 0 Å². The van der Waals surface area contributed by atoms with Gasteiger partial charge in [0, 0.05) is 93.2 Å². The van der Waals surface area contributed by atoms with Crippen LogP contribution in [0.3, 0.4) is 0 Å². The molecule has 4 amide bonds. The molecule has 0 aliphatic carbocycles. The molecule has 2 aromatic carbocycles. The molecule has 8 aromatic rings. The van der Waals surface area contributed by atoms with Gasteiger partial charge in [-0.1, -0.05) is 43.8 Å². The van der Waals surface area contributed by atoms with Crippen LogP contribution in [0.15, 0.2) is 110 Å². The number of amides is 4. The average molecular weight is 991 g/mol. The highest BCUT2D eigenvalue weighted by Crippen LogP contribution is 2.34. The highest BCUT2D eigenvalue weighted by atomic mass is 16.5. The monoisotopic (exact) mass is 990 g/mol. The Morgan fingerprint density at radius 3 is 1.51 bits per heavy atom. The maximum absolute atomic E-state index is 13.4. The Hall–Kier alpha value is -9.34. The maximum atomic E-state index is 13.4. The highest BCUT2D eigenvalue weighted by Gasteiger charge is 2.36. The lowest BCUT2D eigenvalue weighted by Gasteiger charge is -2.39. The molecule has 0 radical (unpaired) electrons. The Morgan fingerprint density at radius 1 is 0.630 bits per heavy atom. The summed E-state index contributed by atoms with van der Waals surface area (Å²) >= 11 is 0. The van der Waals surface area contributed by atoms with Gasteiger partial charge in [-0.2, -0.15) is 9.78 Å². The molecule has 0 spiro atoms. The van der Waals surface area contributed by atoms with Gasteiger partial charge in [-0.25, -0.2) is 14.6 Å². The number of hydrogen-bond donors (Lipinski definition) is 4. The molecule has 0 bridgehead atoms. The number of aromatic amines is 2. The third kappa shape index (κ3) is 9.52. The summed E-state index contributed by atoms with van der Waals surface area (Å²) in [6.07, 6.45) is 9.06. The number of nitrogen functional groups attached to an aromatic ring is 2. The van der Waals surface area contributed by atoms with Crippen LogP contribution in [-0.2, 0) is 9.59 Å². The van der Waals surface area contributed by atoms with Crippen molar-refractivity contribution in [2.24, 2.45) is 0 Å². The van der Waals surface area contributed by atoms with Crippen molar-refractivity contribution < 1.29 is 38.2 Å². The van der Waals surface area contributed by atoms with E-state index in [0.29, 0.717) is 80.8 Å². The van der Waals surface area contributed by atoms with E-state index in [-0.39, 0.29) is 68.6 Å². The molecule has 8 heterocycles. The van der Waals surface area contributed by atoms with Gasteiger partial charge in [0.1, 0.15) is 23.1 Å². The fourth-order valence-electron chi connectivity index (χ4n) is 9.06. The number of methoxy groups -OCH3 is 2. The van der Waals surface area contributed by atoms with Crippen LogP contribution in [0, 0.1) is 0 Å². The number of benzene rings is 2. The van der Waals surface area contributed by atoms with Crippen molar-refractivity contribution >= 4 is 68.6 Å². The summed E-state index contributed by atoms with van der Waals surface area (Å²) in [5.74, 6) is -0.678. The predicted octanol–water partition coefficient (Wildman–Crippen LogP) is 4.43. The summed E-state index contributed by atoms with van der Waals surface area (Å²) in [7, 11) is 2.93. The number of hydrogen-bond acceptors (Lipinski definition) is 14. The number of anilines is 2. The quantitative estimate of drug-likeness (QED) is 0.109. The van der Waals surface area contributed by atoms with Crippen LogP contribution in [0.25, 0.3) is 33.4 Å². The summed E-state index contributed by atoms with van der Waals surface area (Å²) in [6, 6.07) is 20.8. The zero-order chi connectivity index (χ0) is 50.8. The zero-order valence-corrected chi connectivity index (χ0v) is 39.7. The standard InChI is InChI=1S/2C25H25N7O4.CH4/c1-15-14-30(10-11-31(15)24(34)16-6-4-3-5-7-16)25(35)22(33)17-12-27-21-20(17)18(36-2)13-28-23(21)32-9-8-19(26)29-32;1-15-14-30(10-11-31(15)24(34)16-6-4-3-5-7-16)25(35)22(33)17-12-27-21-20(17)18(36-2)13-28-23(21)32-19(26)8-9-29-32;/h3-9,12-13,15,27H,10-11,14H2,1-2H3,(H2,26,29);3-9,12-13,15,27H,10-11,14,26H2,1-2H3;1H4/t2*15-;/m11./s1. The van der Waals surface area contributed by atoms with Crippen LogP contribution >= 0.6 is 0 Å². The first-order valence-electron chi connectivity index (χ1n) is 22.9. The number of ketones is 2. The first kappa shape index (κ1) is 50.1. The van der Waals surface area contributed by atoms with Crippen LogP contribution in [0.5, 0.6) is 11.5 Å². The average Bonchev–Trinajstić information content (AvgIpc) is 4.25. The SMILES string of the molecule is C.COc1cnc(-n2ccc(N)n2)c2[nH]cc(C(=O)C(=O)N3CCN(C(=O)c4ccccc4)[C@H](C)C3)c12.COc1cnc(-n2nccc2N)c2[nH]cc(C(=O)C(=O)N3CCN(C(=O)c4ccccc4)[C@H](C)C3)c12. The van der Waals surface area contributed by atoms with E-state index in [1.807, 2.05) is 50.2 Å². The van der Waals surface area contributed by atoms with E-state index in [0.717, 1.165) is 0 Å². The number of nitrogens with zero attached hydrogens (tertiary/aromatic N) is 10. The van der Waals surface area contributed by atoms with E-state index in [9.17, 15) is 28.8 Å². The van der Waals surface area contributed by atoms with E-state index < -0.39 is 23.4 Å². The number of H-pyrrole nitrogens is 2. The van der Waals surface area contributed by atoms with Crippen LogP contribution < -0.4 is 20.9 Å². The van der Waals surface area contributed by atoms with Crippen molar-refractivity contribution in [2.75, 3.05) is 65.0 Å². The van der Waals surface area contributed by atoms with E-state index >= 15 is 0 Å². The summed E-state index contributed by atoms with van der Waals surface area (Å²) < 4.78 is 13.8. The zero-order valence-electron chi connectivity index (χ0n) is 39.7. The smallest absolute Gasteiger partial charge is 0.295 e. The highest BCUT2D eigenvalue weighted by molar-refractivity contribution is 6.46. The second-order valence-electron chi connectivity index (χ2n) is 17.1. The number of nitrogens with two attached hydrogens (primary N) is 2. The normalized spacial score (nSPS) is 15.6. The van der Waals surface area contributed by atoms with E-state index in [1.165, 1.54) is 64.4 Å². The number of pyridine rings is 2. The van der Waals surface area contributed by atoms with Gasteiger partial charge < -0.3 is 50.5 Å². The molecule has 10 rings (SSSR count). The molecule has 376 valence electrons. The van der Waals surface area contributed by atoms with Gasteiger partial charge in [-0.05, 0) is 38.1 Å². The molecule has 2 aliphatic rings. The number of piperazine rings is 2. The number of nitrogens with one attached hydrogen (secondary N) is 2. The van der Waals surface area contributed by atoms with Crippen LogP contribution in [0.2, 0.25) is 0 Å². The first-order valence-corrected chi connectivity index (χ1v) is 22.9. The third-order valence-corrected chi connectivity index (χ3v) is 12.7. The first-order chi connectivity index (χ1) is 34.8. The van der Waals surface area contributed by atoms with Crippen LogP contribution in [-0.4, -0.2) is 160 Å². The molecule has 22 heteroatoms. The Labute approximate surface area is 418 Å². The van der Waals surface area contributed by atoms with E-state index in [2.05, 4.69) is 30.1 Å². The maximum Gasteiger partial charge on any atom is 0.295 e. The molecule has 2 atom stereocenters. The van der Waals surface area contributed by atoms with Gasteiger partial charge >= 0.3 is 0 Å². The van der Waals surface area contributed by atoms with Crippen molar-refractivity contribution in [3.63, 3.8) is 0 Å². The molecular formula is C51H54N14O8. The molecule has 0 saturated carbocycles. The molecule has 22 nitrogen and oxygen atoms in total. The molecular weight excluding hydrogens is 937 g/mol. The number of Topliss-reactive ketones (excluding diaryl/α,β-unsaturated/α-hetero) is 2. The molecule has 2 aliphatic heterocycles. The molecule has 2 fully saturated rings. The topological polar surface area (TPSA) is 279 Å². The van der Waals surface area contributed by atoms with Gasteiger partial charge in [0.15, 0.2) is 11.6 Å². The number of aromatic nitrogens is 8. The Balaban J connectivity index is 0.000000192. The van der Waals surface area contributed by atoms with Crippen molar-refractivity contribution in [3.05, 3.63) is 132 Å². The fraction of sp³-hybridized carbons (Fsp3) is 0.255. The Bertz CT molecular complexity index is 3360. The van der Waals surface area contributed by atoms with E-state index in [4.69, 9.17) is 20.9 Å². The van der Waals surface area contributed by atoms with Crippen LogP contribution in [0.1, 0.15) is 62.7 Å². The lowest BCUT2D eigenvalue weighted by Crippen LogP contribution is -2.56. The molecule has 6 N–H and O–H groups in total. The Morgan fingerprint density at radius 2 is 1.10 bits per heavy atom. The van der Waals surface area contributed by atoms with Gasteiger partial charge in [-0.3, -0.25) is 28.8 Å². The molecule has 6 aromatic heterocycles.